The maximum atomic E-state index is 5.10. The highest BCUT2D eigenvalue weighted by Gasteiger charge is 2.34. The second-order valence-corrected chi connectivity index (χ2v) is 10.8. The van der Waals surface area contributed by atoms with E-state index in [4.69, 9.17) is 4.98 Å². The molecule has 1 aromatic rings. The van der Waals surface area contributed by atoms with Gasteiger partial charge in [-0.05, 0) is 25.7 Å². The highest BCUT2D eigenvalue weighted by Crippen LogP contribution is 2.48. The van der Waals surface area contributed by atoms with Crippen molar-refractivity contribution in [2.45, 2.75) is 73.8 Å². The van der Waals surface area contributed by atoms with Gasteiger partial charge in [0.1, 0.15) is 5.01 Å². The number of hydrogen-bond donors (Lipinski definition) is 1. The van der Waals surface area contributed by atoms with E-state index in [0.717, 1.165) is 29.0 Å². The Bertz CT molecular complexity index is 508. The molecule has 1 aliphatic heterocycles. The molecule has 3 fully saturated rings. The van der Waals surface area contributed by atoms with Crippen LogP contribution in [-0.4, -0.2) is 27.3 Å². The van der Waals surface area contributed by atoms with E-state index >= 15 is 0 Å². The zero-order chi connectivity index (χ0) is 14.4. The lowest BCUT2D eigenvalue weighted by molar-refractivity contribution is 0.688. The van der Waals surface area contributed by atoms with Gasteiger partial charge in [0.15, 0.2) is 0 Å². The predicted molar refractivity (Wildman–Crippen MR) is 95.7 cm³/mol. The molecule has 0 amide bonds. The first-order valence-electron chi connectivity index (χ1n) is 8.20. The van der Waals surface area contributed by atoms with E-state index in [0.29, 0.717) is 5.25 Å². The van der Waals surface area contributed by atoms with Gasteiger partial charge in [-0.2, -0.15) is 11.8 Å². The third-order valence-corrected chi connectivity index (χ3v) is 9.40. The van der Waals surface area contributed by atoms with Gasteiger partial charge in [-0.1, -0.05) is 13.8 Å². The highest BCUT2D eigenvalue weighted by molar-refractivity contribution is 8.07. The summed E-state index contributed by atoms with van der Waals surface area (Å²) >= 11 is 6.27. The van der Waals surface area contributed by atoms with Crippen molar-refractivity contribution in [3.8, 4) is 0 Å². The van der Waals surface area contributed by atoms with E-state index in [9.17, 15) is 0 Å². The lowest BCUT2D eigenvalue weighted by Crippen LogP contribution is -2.21. The smallest absolute Gasteiger partial charge is 0.107 e. The van der Waals surface area contributed by atoms with Crippen LogP contribution in [0.4, 0.5) is 0 Å². The van der Waals surface area contributed by atoms with Gasteiger partial charge in [0.25, 0.3) is 0 Å². The number of nitrogens with zero attached hydrogens (tertiary/aromatic N) is 1. The van der Waals surface area contributed by atoms with E-state index in [2.05, 4.69) is 42.7 Å². The highest BCUT2D eigenvalue weighted by atomic mass is 32.2. The molecule has 1 saturated heterocycles. The van der Waals surface area contributed by atoms with Crippen LogP contribution in [0, 0.1) is 0 Å². The van der Waals surface area contributed by atoms with Crippen LogP contribution in [0.15, 0.2) is 0 Å². The van der Waals surface area contributed by atoms with Crippen LogP contribution in [-0.2, 0) is 6.54 Å². The van der Waals surface area contributed by atoms with Crippen LogP contribution >= 0.6 is 34.9 Å². The molecule has 0 aromatic carbocycles. The van der Waals surface area contributed by atoms with Crippen molar-refractivity contribution in [3.05, 3.63) is 15.6 Å². The Morgan fingerprint density at radius 2 is 1.95 bits per heavy atom. The van der Waals surface area contributed by atoms with Gasteiger partial charge in [-0.25, -0.2) is 4.98 Å². The van der Waals surface area contributed by atoms with E-state index in [1.165, 1.54) is 47.0 Å². The monoisotopic (exact) mass is 340 g/mol. The van der Waals surface area contributed by atoms with Gasteiger partial charge < -0.3 is 5.32 Å². The molecule has 0 radical (unpaired) electrons. The molecule has 3 unspecified atom stereocenters. The molecule has 116 valence electrons. The van der Waals surface area contributed by atoms with Gasteiger partial charge in [0, 0.05) is 39.6 Å². The summed E-state index contributed by atoms with van der Waals surface area (Å²) in [4.78, 5) is 6.64. The molecular weight excluding hydrogens is 316 g/mol. The molecule has 1 N–H and O–H groups in total. The Hall–Kier alpha value is 0.290. The topological polar surface area (TPSA) is 24.9 Å². The number of nitrogens with one attached hydrogen (secondary N) is 1. The molecular formula is C16H24N2S3. The molecule has 2 heterocycles. The van der Waals surface area contributed by atoms with Crippen molar-refractivity contribution in [2.24, 2.45) is 0 Å². The molecule has 3 atom stereocenters. The van der Waals surface area contributed by atoms with Gasteiger partial charge in [-0.15, -0.1) is 23.1 Å². The summed E-state index contributed by atoms with van der Waals surface area (Å²) in [6.45, 7) is 5.80. The standard InChI is InChI=1S/C16H24N2S3/c1-9-10(2)20-14(8-19-9)16-18-15(11-3-4-11)13(21-16)7-17-12-5-6-12/h9-12,14,17H,3-8H2,1-2H3. The first kappa shape index (κ1) is 14.9. The van der Waals surface area contributed by atoms with Crippen molar-refractivity contribution in [1.29, 1.82) is 0 Å². The minimum Gasteiger partial charge on any atom is -0.309 e. The number of aromatic nitrogens is 1. The fourth-order valence-electron chi connectivity index (χ4n) is 2.76. The van der Waals surface area contributed by atoms with Gasteiger partial charge in [-0.3, -0.25) is 0 Å². The second kappa shape index (κ2) is 6.06. The summed E-state index contributed by atoms with van der Waals surface area (Å²) in [6.07, 6.45) is 5.46. The lowest BCUT2D eigenvalue weighted by atomic mass is 10.2. The molecule has 21 heavy (non-hydrogen) atoms. The van der Waals surface area contributed by atoms with E-state index in [1.807, 2.05) is 11.3 Å². The summed E-state index contributed by atoms with van der Waals surface area (Å²) in [5, 5.41) is 7.24. The van der Waals surface area contributed by atoms with Gasteiger partial charge in [0.2, 0.25) is 0 Å². The van der Waals surface area contributed by atoms with E-state index < -0.39 is 0 Å². The normalized spacial score (nSPS) is 33.3. The third-order valence-electron chi connectivity index (χ3n) is 4.66. The lowest BCUT2D eigenvalue weighted by Gasteiger charge is -2.30. The molecule has 4 rings (SSSR count). The fraction of sp³-hybridized carbons (Fsp3) is 0.812. The van der Waals surface area contributed by atoms with E-state index in [1.54, 1.807) is 0 Å². The van der Waals surface area contributed by atoms with Crippen molar-refractivity contribution in [3.63, 3.8) is 0 Å². The van der Waals surface area contributed by atoms with Crippen LogP contribution in [0.5, 0.6) is 0 Å². The van der Waals surface area contributed by atoms with Crippen LogP contribution in [0.2, 0.25) is 0 Å². The maximum absolute atomic E-state index is 5.10. The van der Waals surface area contributed by atoms with Crippen LogP contribution in [0.3, 0.4) is 0 Å². The SMILES string of the molecule is CC1SCC(c2nc(C3CC3)c(CNC3CC3)s2)SC1C. The average Bonchev–Trinajstić information content (AvgIpc) is 3.39. The zero-order valence-corrected chi connectivity index (χ0v) is 15.3. The molecule has 0 bridgehead atoms. The Balaban J connectivity index is 1.50. The zero-order valence-electron chi connectivity index (χ0n) is 12.8. The quantitative estimate of drug-likeness (QED) is 0.849. The fourth-order valence-corrected chi connectivity index (χ4v) is 7.05. The minimum atomic E-state index is 0.623. The first-order chi connectivity index (χ1) is 10.2. The van der Waals surface area contributed by atoms with Crippen molar-refractivity contribution < 1.29 is 0 Å². The predicted octanol–water partition coefficient (Wildman–Crippen LogP) is 4.57. The number of thiazole rings is 1. The van der Waals surface area contributed by atoms with E-state index in [-0.39, 0.29) is 0 Å². The molecule has 3 aliphatic rings. The summed E-state index contributed by atoms with van der Waals surface area (Å²) < 4.78 is 0. The third kappa shape index (κ3) is 3.46. The maximum Gasteiger partial charge on any atom is 0.107 e. The number of hydrogen-bond acceptors (Lipinski definition) is 5. The van der Waals surface area contributed by atoms with Gasteiger partial charge >= 0.3 is 0 Å². The van der Waals surface area contributed by atoms with Crippen molar-refractivity contribution in [2.75, 3.05) is 5.75 Å². The largest absolute Gasteiger partial charge is 0.309 e. The molecule has 2 nitrogen and oxygen atoms in total. The Morgan fingerprint density at radius 3 is 2.62 bits per heavy atom. The van der Waals surface area contributed by atoms with Crippen LogP contribution in [0.25, 0.3) is 0 Å². The molecule has 1 aromatic heterocycles. The second-order valence-electron chi connectivity index (χ2n) is 6.66. The summed E-state index contributed by atoms with van der Waals surface area (Å²) in [5.41, 5.74) is 1.44. The summed E-state index contributed by atoms with van der Waals surface area (Å²) in [6, 6.07) is 0.795. The van der Waals surface area contributed by atoms with Crippen LogP contribution in [0.1, 0.15) is 66.3 Å². The minimum absolute atomic E-state index is 0.623. The molecule has 2 saturated carbocycles. The molecule has 0 spiro atoms. The Labute approximate surface area is 140 Å². The number of thioether (sulfide) groups is 2. The number of rotatable bonds is 5. The molecule has 2 aliphatic carbocycles. The molecule has 5 heteroatoms. The summed E-state index contributed by atoms with van der Waals surface area (Å²) in [5.74, 6) is 2.02. The Morgan fingerprint density at radius 1 is 1.14 bits per heavy atom. The van der Waals surface area contributed by atoms with Crippen molar-refractivity contribution in [1.82, 2.24) is 10.3 Å². The summed E-state index contributed by atoms with van der Waals surface area (Å²) in [7, 11) is 0. The Kier molecular flexibility index (Phi) is 4.29. The first-order valence-corrected chi connectivity index (χ1v) is 11.0. The van der Waals surface area contributed by atoms with Crippen molar-refractivity contribution >= 4 is 34.9 Å². The van der Waals surface area contributed by atoms with Crippen LogP contribution < -0.4 is 5.32 Å². The van der Waals surface area contributed by atoms with Gasteiger partial charge in [0.05, 0.1) is 10.9 Å². The average molecular weight is 341 g/mol.